The lowest BCUT2D eigenvalue weighted by molar-refractivity contribution is -0.0526. The van der Waals surface area contributed by atoms with E-state index >= 15 is 0 Å². The van der Waals surface area contributed by atoms with Gasteiger partial charge in [-0.3, -0.25) is 0 Å². The summed E-state index contributed by atoms with van der Waals surface area (Å²) in [6.45, 7) is 0. The normalized spacial score (nSPS) is 17.8. The van der Waals surface area contributed by atoms with E-state index in [1.807, 2.05) is 30.3 Å². The number of aliphatic imine (C=N–C) groups is 2. The maximum Gasteiger partial charge on any atom is 0.206 e. The van der Waals surface area contributed by atoms with Crippen molar-refractivity contribution >= 4 is 56.7 Å². The molecule has 1 heterocycles. The summed E-state index contributed by atoms with van der Waals surface area (Å²) in [6, 6.07) is 9.89. The van der Waals surface area contributed by atoms with Crippen LogP contribution in [0.2, 0.25) is 0 Å². The highest BCUT2D eigenvalue weighted by Gasteiger charge is 2.40. The molecule has 0 aliphatic carbocycles. The smallest absolute Gasteiger partial charge is 0.206 e. The second-order valence-electron chi connectivity index (χ2n) is 3.64. The maximum atomic E-state index is 5.27. The molecule has 6 heteroatoms. The van der Waals surface area contributed by atoms with Crippen LogP contribution in [-0.2, 0) is 9.47 Å². The van der Waals surface area contributed by atoms with Gasteiger partial charge in [0.1, 0.15) is 5.71 Å². The first-order valence-corrected chi connectivity index (χ1v) is 7.42. The fourth-order valence-electron chi connectivity index (χ4n) is 1.63. The zero-order chi connectivity index (χ0) is 13.2. The van der Waals surface area contributed by atoms with Gasteiger partial charge < -0.3 is 9.47 Å². The molecular formula is C12H12I2N2O2. The molecule has 0 bridgehead atoms. The summed E-state index contributed by atoms with van der Waals surface area (Å²) in [7, 11) is 3.20. The van der Waals surface area contributed by atoms with Crippen LogP contribution in [0.15, 0.2) is 40.3 Å². The highest BCUT2D eigenvalue weighted by Crippen LogP contribution is 2.38. The molecule has 0 fully saturated rings. The van der Waals surface area contributed by atoms with Crippen molar-refractivity contribution in [1.29, 1.82) is 0 Å². The molecular weight excluding hydrogens is 458 g/mol. The number of halogens is 2. The summed E-state index contributed by atoms with van der Waals surface area (Å²) in [4.78, 5) is 9.17. The van der Waals surface area contributed by atoms with Crippen LogP contribution in [0.3, 0.4) is 0 Å². The molecule has 2 rings (SSSR count). The lowest BCUT2D eigenvalue weighted by atomic mass is 10.2. The number of alkyl halides is 2. The third-order valence-electron chi connectivity index (χ3n) is 2.46. The Bertz CT molecular complexity index is 482. The zero-order valence-electron chi connectivity index (χ0n) is 9.93. The number of methoxy groups -OCH3 is 2. The molecule has 0 radical (unpaired) electrons. The number of hydrogen-bond acceptors (Lipinski definition) is 4. The Morgan fingerprint density at radius 1 is 1.11 bits per heavy atom. The fraction of sp³-hybridized carbons (Fsp3) is 0.333. The molecule has 0 N–H and O–H groups in total. The summed E-state index contributed by atoms with van der Waals surface area (Å²) in [6.07, 6.45) is -0.469. The molecule has 0 aromatic heterocycles. The summed E-state index contributed by atoms with van der Waals surface area (Å²) < 4.78 is 10.1. The van der Waals surface area contributed by atoms with E-state index in [9.17, 15) is 0 Å². The van der Waals surface area contributed by atoms with E-state index in [0.29, 0.717) is 5.84 Å². The van der Waals surface area contributed by atoms with Crippen LogP contribution >= 0.6 is 45.2 Å². The molecule has 96 valence electrons. The SMILES string of the molecule is COC(OC)C1=NC(c2ccccc2)=NC1(I)I. The molecule has 0 unspecified atom stereocenters. The first-order chi connectivity index (χ1) is 8.58. The fourth-order valence-corrected chi connectivity index (χ4v) is 2.83. The molecule has 0 saturated heterocycles. The van der Waals surface area contributed by atoms with Gasteiger partial charge in [-0.15, -0.1) is 0 Å². The molecule has 4 nitrogen and oxygen atoms in total. The van der Waals surface area contributed by atoms with E-state index in [1.165, 1.54) is 0 Å². The Balaban J connectivity index is 2.36. The van der Waals surface area contributed by atoms with Gasteiger partial charge in [0, 0.05) is 19.8 Å². The molecule has 18 heavy (non-hydrogen) atoms. The quantitative estimate of drug-likeness (QED) is 0.294. The van der Waals surface area contributed by atoms with Crippen molar-refractivity contribution in [3.8, 4) is 0 Å². The van der Waals surface area contributed by atoms with Crippen molar-refractivity contribution in [2.24, 2.45) is 9.98 Å². The highest BCUT2D eigenvalue weighted by molar-refractivity contribution is 14.2. The van der Waals surface area contributed by atoms with Crippen LogP contribution in [0, 0.1) is 0 Å². The average Bonchev–Trinajstić information content (AvgIpc) is 2.69. The molecule has 0 saturated carbocycles. The van der Waals surface area contributed by atoms with Crippen molar-refractivity contribution in [1.82, 2.24) is 0 Å². The zero-order valence-corrected chi connectivity index (χ0v) is 14.2. The molecule has 0 spiro atoms. The predicted molar refractivity (Wildman–Crippen MR) is 89.0 cm³/mol. The van der Waals surface area contributed by atoms with Gasteiger partial charge >= 0.3 is 0 Å². The largest absolute Gasteiger partial charge is 0.351 e. The van der Waals surface area contributed by atoms with Gasteiger partial charge in [0.2, 0.25) is 7.84 Å². The van der Waals surface area contributed by atoms with Crippen molar-refractivity contribution in [3.63, 3.8) is 0 Å². The number of nitrogens with zero attached hydrogens (tertiary/aromatic N) is 2. The average molecular weight is 470 g/mol. The minimum Gasteiger partial charge on any atom is -0.351 e. The second-order valence-corrected chi connectivity index (χ2v) is 8.83. The van der Waals surface area contributed by atoms with Gasteiger partial charge in [-0.1, -0.05) is 30.3 Å². The van der Waals surface area contributed by atoms with E-state index in [1.54, 1.807) is 14.2 Å². The number of rotatable bonds is 4. The van der Waals surface area contributed by atoms with Crippen molar-refractivity contribution in [3.05, 3.63) is 35.9 Å². The van der Waals surface area contributed by atoms with Gasteiger partial charge in [0.15, 0.2) is 5.84 Å². The number of ether oxygens (including phenoxy) is 2. The first-order valence-electron chi connectivity index (χ1n) is 5.26. The monoisotopic (exact) mass is 470 g/mol. The lowest BCUT2D eigenvalue weighted by Gasteiger charge is -2.20. The predicted octanol–water partition coefficient (Wildman–Crippen LogP) is 3.03. The van der Waals surface area contributed by atoms with E-state index in [0.717, 1.165) is 11.3 Å². The Labute approximate surface area is 133 Å². The third-order valence-corrected chi connectivity index (χ3v) is 4.05. The standard InChI is InChI=1S/C12H12I2N2O2/c1-17-11(18-2)9-12(13,14)16-10(15-9)8-6-4-3-5-7-8/h3-7,11H,1-2H3. The Hall–Kier alpha value is -0.0600. The topological polar surface area (TPSA) is 43.2 Å². The van der Waals surface area contributed by atoms with E-state index in [2.05, 4.69) is 55.2 Å². The maximum absolute atomic E-state index is 5.27. The molecule has 0 atom stereocenters. The van der Waals surface area contributed by atoms with Gasteiger partial charge in [0.05, 0.1) is 0 Å². The Morgan fingerprint density at radius 2 is 1.72 bits per heavy atom. The van der Waals surface area contributed by atoms with Gasteiger partial charge in [-0.2, -0.15) is 0 Å². The molecule has 1 aliphatic rings. The summed E-state index contributed by atoms with van der Waals surface area (Å²) in [5.41, 5.74) is 1.77. The second kappa shape index (κ2) is 5.93. The number of benzene rings is 1. The lowest BCUT2D eigenvalue weighted by Crippen LogP contribution is -2.34. The Kier molecular flexibility index (Phi) is 4.73. The van der Waals surface area contributed by atoms with Crippen LogP contribution in [0.25, 0.3) is 0 Å². The summed E-state index contributed by atoms with van der Waals surface area (Å²) in [5, 5.41) is 0. The van der Waals surface area contributed by atoms with Crippen molar-refractivity contribution < 1.29 is 9.47 Å². The van der Waals surface area contributed by atoms with Crippen LogP contribution in [0.1, 0.15) is 5.56 Å². The molecule has 0 amide bonds. The number of amidine groups is 1. The van der Waals surface area contributed by atoms with Crippen LogP contribution < -0.4 is 0 Å². The molecule has 1 aromatic rings. The Morgan fingerprint density at radius 3 is 2.28 bits per heavy atom. The van der Waals surface area contributed by atoms with E-state index < -0.39 is 7.84 Å². The number of hydrogen-bond donors (Lipinski definition) is 0. The van der Waals surface area contributed by atoms with E-state index in [4.69, 9.17) is 9.47 Å². The van der Waals surface area contributed by atoms with Gasteiger partial charge in [-0.25, -0.2) is 9.98 Å². The van der Waals surface area contributed by atoms with Gasteiger partial charge in [-0.05, 0) is 45.2 Å². The van der Waals surface area contributed by atoms with Crippen LogP contribution in [0.5, 0.6) is 0 Å². The third kappa shape index (κ3) is 2.91. The van der Waals surface area contributed by atoms with Crippen LogP contribution in [0.4, 0.5) is 0 Å². The van der Waals surface area contributed by atoms with Crippen molar-refractivity contribution in [2.45, 2.75) is 7.84 Å². The van der Waals surface area contributed by atoms with E-state index in [-0.39, 0.29) is 0 Å². The van der Waals surface area contributed by atoms with Gasteiger partial charge in [0.25, 0.3) is 0 Å². The molecule has 1 aliphatic heterocycles. The van der Waals surface area contributed by atoms with Crippen LogP contribution in [-0.4, -0.2) is 33.6 Å². The minimum atomic E-state index is -0.469. The highest BCUT2D eigenvalue weighted by atomic mass is 127. The first kappa shape index (κ1) is 14.4. The minimum absolute atomic E-state index is 0.461. The van der Waals surface area contributed by atoms with Crippen molar-refractivity contribution in [2.75, 3.05) is 14.2 Å². The summed E-state index contributed by atoms with van der Waals surface area (Å²) in [5.74, 6) is 0.716. The molecule has 1 aromatic carbocycles. The summed E-state index contributed by atoms with van der Waals surface area (Å²) >= 11 is 4.48.